The van der Waals surface area contributed by atoms with Crippen LogP contribution in [-0.2, 0) is 42.9 Å². The van der Waals surface area contributed by atoms with Crippen LogP contribution in [0.4, 0.5) is 0 Å². The van der Waals surface area contributed by atoms with Gasteiger partial charge in [-0.2, -0.15) is 0 Å². The quantitative estimate of drug-likeness (QED) is 0.0589. The van der Waals surface area contributed by atoms with Crippen molar-refractivity contribution in [2.45, 2.75) is 168 Å². The maximum atomic E-state index is 12.1. The van der Waals surface area contributed by atoms with Crippen molar-refractivity contribution in [1.82, 2.24) is 5.32 Å². The molecule has 2 N–H and O–H groups in total. The van der Waals surface area contributed by atoms with Crippen LogP contribution in [0.3, 0.4) is 0 Å². The highest BCUT2D eigenvalue weighted by atomic mass is 16.5. The number of rotatable bonds is 42. The number of unbranched alkanes of at least 4 members (excludes halogenated alkanes) is 15. The summed E-state index contributed by atoms with van der Waals surface area (Å²) in [4.78, 5) is 57.7. The fourth-order valence-electron chi connectivity index (χ4n) is 5.91. The van der Waals surface area contributed by atoms with E-state index < -0.39 is 5.97 Å². The van der Waals surface area contributed by atoms with Gasteiger partial charge in [-0.1, -0.05) is 103 Å². The zero-order valence-corrected chi connectivity index (χ0v) is 33.0. The van der Waals surface area contributed by atoms with E-state index in [9.17, 15) is 24.0 Å². The smallest absolute Gasteiger partial charge is 0.303 e. The molecule has 0 spiro atoms. The minimum absolute atomic E-state index is 0.0348. The highest BCUT2D eigenvalue weighted by Crippen LogP contribution is 2.17. The van der Waals surface area contributed by atoms with E-state index in [1.807, 2.05) is 6.92 Å². The lowest BCUT2D eigenvalue weighted by molar-refractivity contribution is -0.137. The first-order chi connectivity index (χ1) is 25.2. The summed E-state index contributed by atoms with van der Waals surface area (Å²) in [6.07, 6.45) is 24.1. The number of amides is 1. The average molecular weight is 742 g/mol. The Labute approximate surface area is 315 Å². The summed E-state index contributed by atoms with van der Waals surface area (Å²) in [5.74, 6) is -0.209. The van der Waals surface area contributed by atoms with E-state index in [2.05, 4.69) is 5.32 Å². The Balaban J connectivity index is 3.36. The van der Waals surface area contributed by atoms with Crippen molar-refractivity contribution in [3.8, 4) is 0 Å². The molecule has 0 heterocycles. The van der Waals surface area contributed by atoms with E-state index in [0.717, 1.165) is 44.9 Å². The zero-order chi connectivity index (χ0) is 38.3. The van der Waals surface area contributed by atoms with E-state index >= 15 is 0 Å². The number of carbonyl (C=O) groups excluding carboxylic acids is 4. The number of carbonyl (C=O) groups is 5. The molecule has 0 aliphatic rings. The molecule has 0 bridgehead atoms. The van der Waals surface area contributed by atoms with E-state index in [-0.39, 0.29) is 36.6 Å². The zero-order valence-electron chi connectivity index (χ0n) is 33.0. The van der Waals surface area contributed by atoms with E-state index in [4.69, 9.17) is 24.1 Å². The Morgan fingerprint density at radius 3 is 1.50 bits per heavy atom. The maximum absolute atomic E-state index is 12.1. The van der Waals surface area contributed by atoms with Crippen LogP contribution in [0.5, 0.6) is 0 Å². The van der Waals surface area contributed by atoms with Gasteiger partial charge in [0.15, 0.2) is 5.78 Å². The van der Waals surface area contributed by atoms with Gasteiger partial charge in [0.05, 0.1) is 33.0 Å². The molecule has 11 nitrogen and oxygen atoms in total. The lowest BCUT2D eigenvalue weighted by Crippen LogP contribution is -2.31. The molecule has 1 atom stereocenters. The number of ether oxygens (including phenoxy) is 4. The molecule has 11 heteroatoms. The third kappa shape index (κ3) is 39.0. The third-order valence-electron chi connectivity index (χ3n) is 9.15. The van der Waals surface area contributed by atoms with Gasteiger partial charge >= 0.3 is 5.97 Å². The van der Waals surface area contributed by atoms with Crippen molar-refractivity contribution in [3.05, 3.63) is 0 Å². The second kappa shape index (κ2) is 38.5. The molecule has 0 aromatic rings. The largest absolute Gasteiger partial charge is 0.481 e. The molecule has 0 fully saturated rings. The Hall–Kier alpha value is -2.21. The number of Topliss-reactive ketones (excluding diaryl/α,β-unsaturated/α-hetero) is 3. The summed E-state index contributed by atoms with van der Waals surface area (Å²) in [5.41, 5.74) is 0. The summed E-state index contributed by atoms with van der Waals surface area (Å²) in [5, 5.41) is 11.4. The molecule has 1 amide bonds. The van der Waals surface area contributed by atoms with Gasteiger partial charge in [0.2, 0.25) is 5.91 Å². The SMILES string of the molecule is CC[C@H](CCC(C)=O)CC(=O)COCCOCCNC(=O)COCCOCCCC(=O)CCCCCCCCCCCCCCCCCCC(=O)O. The number of aliphatic carboxylic acids is 1. The van der Waals surface area contributed by atoms with Gasteiger partial charge in [0.1, 0.15) is 24.8 Å². The molecule has 304 valence electrons. The molecule has 52 heavy (non-hydrogen) atoms. The standard InChI is InChI=1S/C41H75NO10/c1-3-37(25-24-36(2)43)33-39(45)34-51-31-30-50-28-26-42-40(46)35-52-32-29-49-27-20-22-38(44)21-18-16-14-12-10-8-6-4-5-7-9-11-13-15-17-19-23-41(47)48/h37H,3-35H2,1-2H3,(H,42,46)(H,47,48)/t37-/m1/s1. The van der Waals surface area contributed by atoms with Crippen molar-refractivity contribution in [2.24, 2.45) is 5.92 Å². The van der Waals surface area contributed by atoms with Crippen molar-refractivity contribution >= 4 is 29.2 Å². The summed E-state index contributed by atoms with van der Waals surface area (Å²) >= 11 is 0. The lowest BCUT2D eigenvalue weighted by Gasteiger charge is -2.13. The number of hydrogen-bond donors (Lipinski definition) is 2. The molecule has 0 rings (SSSR count). The highest BCUT2D eigenvalue weighted by Gasteiger charge is 2.13. The van der Waals surface area contributed by atoms with Crippen LogP contribution in [0.1, 0.15) is 168 Å². The van der Waals surface area contributed by atoms with E-state index in [1.165, 1.54) is 70.6 Å². The van der Waals surface area contributed by atoms with Crippen molar-refractivity contribution in [3.63, 3.8) is 0 Å². The lowest BCUT2D eigenvalue weighted by atomic mass is 9.94. The maximum Gasteiger partial charge on any atom is 0.303 e. The number of ketones is 3. The summed E-state index contributed by atoms with van der Waals surface area (Å²) in [6.45, 7) is 6.09. The van der Waals surface area contributed by atoms with Gasteiger partial charge in [0.25, 0.3) is 0 Å². The Morgan fingerprint density at radius 1 is 0.519 bits per heavy atom. The summed E-state index contributed by atoms with van der Waals surface area (Å²) < 4.78 is 21.7. The minimum atomic E-state index is -0.682. The van der Waals surface area contributed by atoms with Gasteiger partial charge in [0, 0.05) is 45.3 Å². The third-order valence-corrected chi connectivity index (χ3v) is 9.15. The second-order valence-electron chi connectivity index (χ2n) is 14.1. The van der Waals surface area contributed by atoms with Crippen molar-refractivity contribution in [2.75, 3.05) is 59.4 Å². The van der Waals surface area contributed by atoms with Crippen LogP contribution in [0.15, 0.2) is 0 Å². The summed E-state index contributed by atoms with van der Waals surface area (Å²) in [6, 6.07) is 0. The fourth-order valence-corrected chi connectivity index (χ4v) is 5.91. The van der Waals surface area contributed by atoms with Crippen LogP contribution < -0.4 is 5.32 Å². The molecule has 0 saturated heterocycles. The summed E-state index contributed by atoms with van der Waals surface area (Å²) in [7, 11) is 0. The minimum Gasteiger partial charge on any atom is -0.481 e. The topological polar surface area (TPSA) is 155 Å². The van der Waals surface area contributed by atoms with Crippen LogP contribution in [0.25, 0.3) is 0 Å². The highest BCUT2D eigenvalue weighted by molar-refractivity contribution is 5.80. The second-order valence-corrected chi connectivity index (χ2v) is 14.1. The molecule has 0 saturated carbocycles. The molecule has 0 radical (unpaired) electrons. The van der Waals surface area contributed by atoms with E-state index in [0.29, 0.717) is 90.5 Å². The van der Waals surface area contributed by atoms with Crippen LogP contribution in [0.2, 0.25) is 0 Å². The van der Waals surface area contributed by atoms with Gasteiger partial charge < -0.3 is 34.2 Å². The number of nitrogens with one attached hydrogen (secondary N) is 1. The first-order valence-electron chi connectivity index (χ1n) is 20.6. The number of hydrogen-bond acceptors (Lipinski definition) is 9. The first kappa shape index (κ1) is 49.8. The molecule has 0 aliphatic heterocycles. The monoisotopic (exact) mass is 742 g/mol. The fraction of sp³-hybridized carbons (Fsp3) is 0.878. The molecular weight excluding hydrogens is 666 g/mol. The molecule has 0 aliphatic carbocycles. The molecular formula is C41H75NO10. The molecule has 0 aromatic carbocycles. The van der Waals surface area contributed by atoms with Crippen LogP contribution >= 0.6 is 0 Å². The first-order valence-corrected chi connectivity index (χ1v) is 20.6. The molecule has 0 unspecified atom stereocenters. The van der Waals surface area contributed by atoms with Gasteiger partial charge in [-0.25, -0.2) is 0 Å². The van der Waals surface area contributed by atoms with Gasteiger partial charge in [-0.15, -0.1) is 0 Å². The van der Waals surface area contributed by atoms with E-state index in [1.54, 1.807) is 6.92 Å². The van der Waals surface area contributed by atoms with Crippen LogP contribution in [0, 0.1) is 5.92 Å². The van der Waals surface area contributed by atoms with Crippen molar-refractivity contribution < 1.29 is 48.0 Å². The predicted octanol–water partition coefficient (Wildman–Crippen LogP) is 7.98. The Bertz CT molecular complexity index is 897. The van der Waals surface area contributed by atoms with Gasteiger partial charge in [-0.05, 0) is 38.5 Å². The average Bonchev–Trinajstić information content (AvgIpc) is 3.11. The Morgan fingerprint density at radius 2 is 0.981 bits per heavy atom. The van der Waals surface area contributed by atoms with Crippen molar-refractivity contribution in [1.29, 1.82) is 0 Å². The Kier molecular flexibility index (Phi) is 36.9. The van der Waals surface area contributed by atoms with Crippen LogP contribution in [-0.4, -0.2) is 93.7 Å². The molecule has 0 aromatic heterocycles. The number of carboxylic acids is 1. The van der Waals surface area contributed by atoms with Gasteiger partial charge in [-0.3, -0.25) is 19.2 Å². The predicted molar refractivity (Wildman–Crippen MR) is 205 cm³/mol. The normalized spacial score (nSPS) is 11.8. The number of carboxylic acid groups (broad SMARTS) is 1.